The molecule has 1 atom stereocenters. The molecule has 1 aromatic carbocycles. The van der Waals surface area contributed by atoms with E-state index >= 15 is 0 Å². The molecule has 0 saturated carbocycles. The average Bonchev–Trinajstić information content (AvgIpc) is 3.07. The van der Waals surface area contributed by atoms with E-state index in [1.54, 1.807) is 30.3 Å². The topological polar surface area (TPSA) is 91.6 Å². The summed E-state index contributed by atoms with van der Waals surface area (Å²) in [6.07, 6.45) is 1.94. The Labute approximate surface area is 134 Å². The van der Waals surface area contributed by atoms with E-state index in [2.05, 4.69) is 5.32 Å². The van der Waals surface area contributed by atoms with Crippen molar-refractivity contribution in [2.45, 2.75) is 25.8 Å². The molecule has 1 heterocycles. The van der Waals surface area contributed by atoms with Crippen molar-refractivity contribution in [1.29, 1.82) is 0 Å². The fourth-order valence-electron chi connectivity index (χ4n) is 2.07. The van der Waals surface area contributed by atoms with Gasteiger partial charge >= 0.3 is 0 Å². The third kappa shape index (κ3) is 4.88. The van der Waals surface area contributed by atoms with Gasteiger partial charge in [0.2, 0.25) is 0 Å². The maximum absolute atomic E-state index is 12.0. The molecule has 6 heteroatoms. The van der Waals surface area contributed by atoms with Crippen LogP contribution in [0.2, 0.25) is 0 Å². The number of benzene rings is 1. The van der Waals surface area contributed by atoms with E-state index in [9.17, 15) is 14.7 Å². The van der Waals surface area contributed by atoms with Gasteiger partial charge in [0.05, 0.1) is 18.9 Å². The van der Waals surface area contributed by atoms with Crippen LogP contribution in [0.1, 0.15) is 41.9 Å². The van der Waals surface area contributed by atoms with Crippen molar-refractivity contribution < 1.29 is 23.8 Å². The molecule has 0 aliphatic carbocycles. The summed E-state index contributed by atoms with van der Waals surface area (Å²) >= 11 is 0. The Kier molecular flexibility index (Phi) is 5.80. The number of carboxylic acid groups (broad SMARTS) is 1. The summed E-state index contributed by atoms with van der Waals surface area (Å²) in [5.41, 5.74) is 0.651. The summed E-state index contributed by atoms with van der Waals surface area (Å²) in [6, 6.07) is 9.31. The number of aliphatic carboxylic acids is 1. The van der Waals surface area contributed by atoms with Crippen LogP contribution >= 0.6 is 0 Å². The molecule has 0 radical (unpaired) electrons. The molecular formula is C17H18NO5-. The SMILES string of the molecule is CCCOc1ccc([C@@H](CC(=O)[O-])NC(=O)c2ccco2)cc1. The summed E-state index contributed by atoms with van der Waals surface area (Å²) in [5.74, 6) is -0.912. The summed E-state index contributed by atoms with van der Waals surface area (Å²) in [6.45, 7) is 2.62. The van der Waals surface area contributed by atoms with Crippen LogP contribution < -0.4 is 15.2 Å². The summed E-state index contributed by atoms with van der Waals surface area (Å²) in [4.78, 5) is 23.0. The normalized spacial score (nSPS) is 11.7. The lowest BCUT2D eigenvalue weighted by atomic mass is 10.0. The Hall–Kier alpha value is -2.76. The number of nitrogens with one attached hydrogen (secondary N) is 1. The molecule has 0 aliphatic heterocycles. The molecule has 23 heavy (non-hydrogen) atoms. The van der Waals surface area contributed by atoms with Gasteiger partial charge in [-0.25, -0.2) is 0 Å². The molecule has 1 aromatic heterocycles. The molecule has 6 nitrogen and oxygen atoms in total. The van der Waals surface area contributed by atoms with E-state index in [0.29, 0.717) is 17.9 Å². The number of carbonyl (C=O) groups is 2. The van der Waals surface area contributed by atoms with Gasteiger partial charge in [-0.2, -0.15) is 0 Å². The van der Waals surface area contributed by atoms with Gasteiger partial charge in [-0.1, -0.05) is 19.1 Å². The molecule has 0 fully saturated rings. The zero-order valence-corrected chi connectivity index (χ0v) is 12.8. The van der Waals surface area contributed by atoms with Gasteiger partial charge < -0.3 is 24.4 Å². The van der Waals surface area contributed by atoms with E-state index < -0.39 is 17.9 Å². The van der Waals surface area contributed by atoms with E-state index in [-0.39, 0.29) is 12.2 Å². The molecule has 2 aromatic rings. The molecule has 122 valence electrons. The van der Waals surface area contributed by atoms with Crippen LogP contribution in [-0.4, -0.2) is 18.5 Å². The first kappa shape index (κ1) is 16.6. The molecule has 0 bridgehead atoms. The first-order chi connectivity index (χ1) is 11.1. The lowest BCUT2D eigenvalue weighted by molar-refractivity contribution is -0.306. The summed E-state index contributed by atoms with van der Waals surface area (Å²) in [7, 11) is 0. The molecule has 1 N–H and O–H groups in total. The van der Waals surface area contributed by atoms with Crippen molar-refractivity contribution in [2.75, 3.05) is 6.61 Å². The van der Waals surface area contributed by atoms with Crippen LogP contribution in [0.4, 0.5) is 0 Å². The van der Waals surface area contributed by atoms with Gasteiger partial charge in [0.1, 0.15) is 5.75 Å². The lowest BCUT2D eigenvalue weighted by Crippen LogP contribution is -2.34. The Morgan fingerprint density at radius 3 is 2.57 bits per heavy atom. The quantitative estimate of drug-likeness (QED) is 0.800. The summed E-state index contributed by atoms with van der Waals surface area (Å²) in [5, 5.41) is 13.6. The third-order valence-corrected chi connectivity index (χ3v) is 3.18. The van der Waals surface area contributed by atoms with Crippen molar-refractivity contribution in [3.8, 4) is 5.75 Å². The van der Waals surface area contributed by atoms with Gasteiger partial charge in [-0.05, 0) is 36.2 Å². The maximum atomic E-state index is 12.0. The van der Waals surface area contributed by atoms with Gasteiger partial charge in [0, 0.05) is 12.4 Å². The number of hydrogen-bond acceptors (Lipinski definition) is 5. The minimum Gasteiger partial charge on any atom is -0.550 e. The lowest BCUT2D eigenvalue weighted by Gasteiger charge is -2.19. The van der Waals surface area contributed by atoms with E-state index in [1.807, 2.05) is 6.92 Å². The van der Waals surface area contributed by atoms with E-state index in [0.717, 1.165) is 6.42 Å². The zero-order valence-electron chi connectivity index (χ0n) is 12.8. The van der Waals surface area contributed by atoms with Gasteiger partial charge in [-0.15, -0.1) is 0 Å². The first-order valence-electron chi connectivity index (χ1n) is 7.37. The van der Waals surface area contributed by atoms with Crippen LogP contribution in [0.3, 0.4) is 0 Å². The third-order valence-electron chi connectivity index (χ3n) is 3.18. The largest absolute Gasteiger partial charge is 0.550 e. The van der Waals surface area contributed by atoms with Crippen molar-refractivity contribution in [1.82, 2.24) is 5.32 Å². The predicted molar refractivity (Wildman–Crippen MR) is 80.8 cm³/mol. The first-order valence-corrected chi connectivity index (χ1v) is 7.37. The smallest absolute Gasteiger partial charge is 0.287 e. The second-order valence-corrected chi connectivity index (χ2v) is 5.00. The zero-order chi connectivity index (χ0) is 16.7. The van der Waals surface area contributed by atoms with Gasteiger partial charge in [0.25, 0.3) is 5.91 Å². The van der Waals surface area contributed by atoms with Gasteiger partial charge in [0.15, 0.2) is 5.76 Å². The highest BCUT2D eigenvalue weighted by atomic mass is 16.5. The van der Waals surface area contributed by atoms with Gasteiger partial charge in [-0.3, -0.25) is 4.79 Å². The standard InChI is InChI=1S/C17H19NO5/c1-2-9-22-13-7-5-12(6-8-13)14(11-16(19)20)18-17(21)15-4-3-10-23-15/h3-8,10,14H,2,9,11H2,1H3,(H,18,21)(H,19,20)/p-1/t14-/m1/s1. The molecular weight excluding hydrogens is 298 g/mol. The van der Waals surface area contributed by atoms with Crippen LogP contribution in [0.25, 0.3) is 0 Å². The Bertz CT molecular complexity index is 634. The monoisotopic (exact) mass is 316 g/mol. The molecule has 0 saturated heterocycles. The molecule has 0 spiro atoms. The number of carbonyl (C=O) groups excluding carboxylic acids is 2. The van der Waals surface area contributed by atoms with Crippen molar-refractivity contribution in [2.24, 2.45) is 0 Å². The fraction of sp³-hybridized carbons (Fsp3) is 0.294. The van der Waals surface area contributed by atoms with Crippen LogP contribution in [-0.2, 0) is 4.79 Å². The number of rotatable bonds is 8. The van der Waals surface area contributed by atoms with Crippen LogP contribution in [0.15, 0.2) is 47.1 Å². The van der Waals surface area contributed by atoms with E-state index in [4.69, 9.17) is 9.15 Å². The second kappa shape index (κ2) is 8.03. The summed E-state index contributed by atoms with van der Waals surface area (Å²) < 4.78 is 10.5. The van der Waals surface area contributed by atoms with E-state index in [1.165, 1.54) is 12.3 Å². The highest BCUT2D eigenvalue weighted by molar-refractivity contribution is 5.91. The number of furan rings is 1. The molecule has 0 unspecified atom stereocenters. The second-order valence-electron chi connectivity index (χ2n) is 5.00. The predicted octanol–water partition coefficient (Wildman–Crippen LogP) is 1.68. The molecule has 2 rings (SSSR count). The van der Waals surface area contributed by atoms with Crippen molar-refractivity contribution in [3.63, 3.8) is 0 Å². The minimum absolute atomic E-state index is 0.122. The fourth-order valence-corrected chi connectivity index (χ4v) is 2.07. The highest BCUT2D eigenvalue weighted by Gasteiger charge is 2.17. The Morgan fingerprint density at radius 1 is 1.26 bits per heavy atom. The van der Waals surface area contributed by atoms with Crippen molar-refractivity contribution >= 4 is 11.9 Å². The highest BCUT2D eigenvalue weighted by Crippen LogP contribution is 2.21. The minimum atomic E-state index is -1.25. The van der Waals surface area contributed by atoms with Crippen LogP contribution in [0.5, 0.6) is 5.75 Å². The number of amides is 1. The molecule has 0 aliphatic rings. The number of hydrogen-bond donors (Lipinski definition) is 1. The Balaban J connectivity index is 2.11. The average molecular weight is 316 g/mol. The van der Waals surface area contributed by atoms with Crippen molar-refractivity contribution in [3.05, 3.63) is 54.0 Å². The Morgan fingerprint density at radius 2 is 2.00 bits per heavy atom. The number of ether oxygens (including phenoxy) is 1. The maximum Gasteiger partial charge on any atom is 0.287 e. The number of carboxylic acids is 1. The molecule has 1 amide bonds. The van der Waals surface area contributed by atoms with Crippen LogP contribution in [0, 0.1) is 0 Å².